The second kappa shape index (κ2) is 9.36. The summed E-state index contributed by atoms with van der Waals surface area (Å²) in [4.78, 5) is 13.2. The third-order valence-electron chi connectivity index (χ3n) is 6.27. The van der Waals surface area contributed by atoms with Gasteiger partial charge in [0, 0.05) is 18.4 Å². The molecule has 0 saturated carbocycles. The van der Waals surface area contributed by atoms with Crippen LogP contribution in [0.15, 0.2) is 24.3 Å². The van der Waals surface area contributed by atoms with E-state index in [0.29, 0.717) is 45.4 Å². The number of aliphatic hydroxyl groups excluding tert-OH is 2. The number of carbonyl (C=O) groups excluding carboxylic acids is 1. The zero-order valence-electron chi connectivity index (χ0n) is 19.0. The summed E-state index contributed by atoms with van der Waals surface area (Å²) >= 11 is 0. The normalized spacial score (nSPS) is 23.0. The molecule has 2 aromatic rings. The standard InChI is InChI=1S/C24H28O9/c1-5-31-24(27)21-15(10-25)22(26)14-9-17-16(32-11-33-17)8-13(14)20(21)12-6-18(28-2)23(30-4)19(7-12)29-3/h6-9,15,20-22,25-26H,5,10-11H2,1-4H3/t15-,20+,21+,22-/m0/s1. The third kappa shape index (κ3) is 3.81. The lowest BCUT2D eigenvalue weighted by atomic mass is 9.65. The summed E-state index contributed by atoms with van der Waals surface area (Å²) in [5.74, 6) is -0.517. The highest BCUT2D eigenvalue weighted by Crippen LogP contribution is 2.53. The molecular formula is C24H28O9. The Hall–Kier alpha value is -3.17. The second-order valence-corrected chi connectivity index (χ2v) is 7.84. The highest BCUT2D eigenvalue weighted by molar-refractivity contribution is 5.77. The van der Waals surface area contributed by atoms with E-state index in [2.05, 4.69) is 0 Å². The zero-order valence-corrected chi connectivity index (χ0v) is 19.0. The monoisotopic (exact) mass is 460 g/mol. The average Bonchev–Trinajstić information content (AvgIpc) is 3.29. The van der Waals surface area contributed by atoms with Gasteiger partial charge in [-0.15, -0.1) is 0 Å². The Morgan fingerprint density at radius 2 is 1.61 bits per heavy atom. The van der Waals surface area contributed by atoms with Crippen LogP contribution in [-0.2, 0) is 9.53 Å². The minimum atomic E-state index is -1.10. The summed E-state index contributed by atoms with van der Waals surface area (Å²) in [5, 5.41) is 21.4. The van der Waals surface area contributed by atoms with Crippen molar-refractivity contribution >= 4 is 5.97 Å². The predicted molar refractivity (Wildman–Crippen MR) is 116 cm³/mol. The smallest absolute Gasteiger partial charge is 0.310 e. The molecule has 9 heteroatoms. The van der Waals surface area contributed by atoms with Crippen LogP contribution in [0.25, 0.3) is 0 Å². The molecule has 4 rings (SSSR count). The van der Waals surface area contributed by atoms with Crippen LogP contribution in [0.3, 0.4) is 0 Å². The Morgan fingerprint density at radius 1 is 1.00 bits per heavy atom. The molecule has 2 aliphatic rings. The summed E-state index contributed by atoms with van der Waals surface area (Å²) in [5.41, 5.74) is 1.90. The minimum Gasteiger partial charge on any atom is -0.493 e. The van der Waals surface area contributed by atoms with Gasteiger partial charge in [-0.3, -0.25) is 4.79 Å². The van der Waals surface area contributed by atoms with Gasteiger partial charge in [0.05, 0.1) is 40.0 Å². The number of hydrogen-bond donors (Lipinski definition) is 2. The van der Waals surface area contributed by atoms with Crippen LogP contribution in [0, 0.1) is 11.8 Å². The molecule has 1 aliphatic carbocycles. The van der Waals surface area contributed by atoms with E-state index in [-0.39, 0.29) is 13.4 Å². The maximum atomic E-state index is 13.2. The molecule has 0 aromatic heterocycles. The first-order valence-electron chi connectivity index (χ1n) is 10.7. The molecule has 178 valence electrons. The summed E-state index contributed by atoms with van der Waals surface area (Å²) in [6.07, 6.45) is -1.10. The van der Waals surface area contributed by atoms with Crippen molar-refractivity contribution < 1.29 is 43.4 Å². The molecule has 0 amide bonds. The Kier molecular flexibility index (Phi) is 6.53. The second-order valence-electron chi connectivity index (χ2n) is 7.84. The predicted octanol–water partition coefficient (Wildman–Crippen LogP) is 2.41. The number of ether oxygens (including phenoxy) is 6. The largest absolute Gasteiger partial charge is 0.493 e. The lowest BCUT2D eigenvalue weighted by molar-refractivity contribution is -0.154. The number of hydrogen-bond acceptors (Lipinski definition) is 9. The van der Waals surface area contributed by atoms with Gasteiger partial charge in [0.1, 0.15) is 0 Å². The summed E-state index contributed by atoms with van der Waals surface area (Å²) in [6.45, 7) is 1.53. The van der Waals surface area contributed by atoms with Crippen molar-refractivity contribution in [2.75, 3.05) is 41.3 Å². The zero-order chi connectivity index (χ0) is 23.7. The van der Waals surface area contributed by atoms with Gasteiger partial charge in [0.2, 0.25) is 12.5 Å². The van der Waals surface area contributed by atoms with Gasteiger partial charge in [-0.25, -0.2) is 0 Å². The van der Waals surface area contributed by atoms with Crippen LogP contribution in [0.5, 0.6) is 28.7 Å². The number of aliphatic hydroxyl groups is 2. The number of rotatable bonds is 7. The fourth-order valence-electron chi connectivity index (χ4n) is 4.80. The van der Waals surface area contributed by atoms with Crippen LogP contribution in [0.1, 0.15) is 35.6 Å². The molecule has 0 spiro atoms. The van der Waals surface area contributed by atoms with Crippen molar-refractivity contribution in [3.05, 3.63) is 41.0 Å². The van der Waals surface area contributed by atoms with Crippen molar-refractivity contribution in [2.45, 2.75) is 18.9 Å². The molecule has 0 unspecified atom stereocenters. The summed E-state index contributed by atoms with van der Waals surface area (Å²) < 4.78 is 32.9. The number of methoxy groups -OCH3 is 3. The van der Waals surface area contributed by atoms with Crippen molar-refractivity contribution in [1.82, 2.24) is 0 Å². The quantitative estimate of drug-likeness (QED) is 0.602. The van der Waals surface area contributed by atoms with Crippen LogP contribution in [0.2, 0.25) is 0 Å². The van der Waals surface area contributed by atoms with Crippen molar-refractivity contribution in [3.63, 3.8) is 0 Å². The van der Waals surface area contributed by atoms with Crippen molar-refractivity contribution in [3.8, 4) is 28.7 Å². The van der Waals surface area contributed by atoms with Gasteiger partial charge < -0.3 is 38.6 Å². The molecule has 4 atom stereocenters. The molecular weight excluding hydrogens is 432 g/mol. The highest BCUT2D eigenvalue weighted by atomic mass is 16.7. The lowest BCUT2D eigenvalue weighted by Gasteiger charge is -2.41. The number of esters is 1. The first-order chi connectivity index (χ1) is 16.0. The van der Waals surface area contributed by atoms with Crippen LogP contribution in [-0.4, -0.2) is 57.5 Å². The van der Waals surface area contributed by atoms with E-state index in [1.54, 1.807) is 31.2 Å². The van der Waals surface area contributed by atoms with Gasteiger partial charge in [0.15, 0.2) is 23.0 Å². The van der Waals surface area contributed by atoms with E-state index in [0.717, 1.165) is 0 Å². The maximum absolute atomic E-state index is 13.2. The molecule has 0 fully saturated rings. The molecule has 2 N–H and O–H groups in total. The van der Waals surface area contributed by atoms with E-state index < -0.39 is 36.4 Å². The van der Waals surface area contributed by atoms with E-state index in [1.165, 1.54) is 21.3 Å². The molecule has 2 aromatic carbocycles. The minimum absolute atomic E-state index is 0.0634. The Bertz CT molecular complexity index is 1010. The average molecular weight is 460 g/mol. The van der Waals surface area contributed by atoms with Gasteiger partial charge in [-0.05, 0) is 47.9 Å². The fraction of sp³-hybridized carbons (Fsp3) is 0.458. The van der Waals surface area contributed by atoms with Gasteiger partial charge in [-0.1, -0.05) is 0 Å². The van der Waals surface area contributed by atoms with Gasteiger partial charge in [-0.2, -0.15) is 0 Å². The molecule has 0 bridgehead atoms. The summed E-state index contributed by atoms with van der Waals surface area (Å²) in [7, 11) is 4.53. The van der Waals surface area contributed by atoms with Crippen LogP contribution in [0.4, 0.5) is 0 Å². The van der Waals surface area contributed by atoms with Crippen LogP contribution < -0.4 is 23.7 Å². The first-order valence-corrected chi connectivity index (χ1v) is 10.7. The topological polar surface area (TPSA) is 113 Å². The maximum Gasteiger partial charge on any atom is 0.310 e. The Morgan fingerprint density at radius 3 is 2.12 bits per heavy atom. The molecule has 9 nitrogen and oxygen atoms in total. The van der Waals surface area contributed by atoms with E-state index >= 15 is 0 Å². The van der Waals surface area contributed by atoms with E-state index in [4.69, 9.17) is 28.4 Å². The Labute approximate surface area is 191 Å². The molecule has 0 radical (unpaired) electrons. The third-order valence-corrected chi connectivity index (χ3v) is 6.27. The lowest BCUT2D eigenvalue weighted by Crippen LogP contribution is -2.41. The van der Waals surface area contributed by atoms with Crippen molar-refractivity contribution in [1.29, 1.82) is 0 Å². The van der Waals surface area contributed by atoms with E-state index in [1.807, 2.05) is 0 Å². The SMILES string of the molecule is CCOC(=O)[C@H]1[C@H](c2cc(OC)c(OC)c(OC)c2)c2cc3c(cc2[C@H](O)[C@H]1CO)OCO3. The highest BCUT2D eigenvalue weighted by Gasteiger charge is 2.48. The van der Waals surface area contributed by atoms with Crippen LogP contribution >= 0.6 is 0 Å². The number of benzene rings is 2. The first kappa shape index (κ1) is 23.0. The number of carbonyl (C=O) groups is 1. The van der Waals surface area contributed by atoms with Gasteiger partial charge >= 0.3 is 5.97 Å². The molecule has 1 heterocycles. The van der Waals surface area contributed by atoms with Crippen molar-refractivity contribution in [2.24, 2.45) is 11.8 Å². The number of fused-ring (bicyclic) bond motifs is 2. The molecule has 0 saturated heterocycles. The fourth-order valence-corrected chi connectivity index (χ4v) is 4.80. The Balaban J connectivity index is 1.98. The molecule has 1 aliphatic heterocycles. The summed E-state index contributed by atoms with van der Waals surface area (Å²) in [6, 6.07) is 7.00. The molecule has 33 heavy (non-hydrogen) atoms. The van der Waals surface area contributed by atoms with E-state index in [9.17, 15) is 15.0 Å². The van der Waals surface area contributed by atoms with Gasteiger partial charge in [0.25, 0.3) is 0 Å².